The predicted octanol–water partition coefficient (Wildman–Crippen LogP) is 9.18. The number of rotatable bonds is 22. The Morgan fingerprint density at radius 3 is 1.91 bits per heavy atom. The summed E-state index contributed by atoms with van der Waals surface area (Å²) >= 11 is 0. The van der Waals surface area contributed by atoms with Crippen LogP contribution >= 0.6 is 0 Å². The van der Waals surface area contributed by atoms with Crippen LogP contribution in [0.5, 0.6) is 0 Å². The molecule has 0 N–H and O–H groups in total. The summed E-state index contributed by atoms with van der Waals surface area (Å²) < 4.78 is 11.9. The Kier molecular flexibility index (Phi) is 16.1. The minimum atomic E-state index is 0.0120. The van der Waals surface area contributed by atoms with E-state index in [1.165, 1.54) is 95.5 Å². The second-order valence-corrected chi connectivity index (χ2v) is 10.4. The third-order valence-electron chi connectivity index (χ3n) is 7.34. The summed E-state index contributed by atoms with van der Waals surface area (Å²) in [4.78, 5) is 12.1. The number of hydrogen-bond donors (Lipinski definition) is 0. The van der Waals surface area contributed by atoms with Gasteiger partial charge in [-0.05, 0) is 18.4 Å². The van der Waals surface area contributed by atoms with E-state index in [9.17, 15) is 4.79 Å². The molecule has 34 heavy (non-hydrogen) atoms. The van der Waals surface area contributed by atoms with Crippen LogP contribution in [0.1, 0.15) is 135 Å². The monoisotopic (exact) mass is 472 g/mol. The first-order valence-electron chi connectivity index (χ1n) is 14.6. The summed E-state index contributed by atoms with van der Waals surface area (Å²) in [5, 5.41) is 0. The summed E-state index contributed by atoms with van der Waals surface area (Å²) in [5.41, 5.74) is 1.22. The van der Waals surface area contributed by atoms with Crippen LogP contribution < -0.4 is 0 Å². The van der Waals surface area contributed by atoms with Crippen molar-refractivity contribution in [3.8, 4) is 0 Å². The zero-order valence-electron chi connectivity index (χ0n) is 22.3. The summed E-state index contributed by atoms with van der Waals surface area (Å²) in [7, 11) is 0. The van der Waals surface area contributed by atoms with Crippen LogP contribution in [0.4, 0.5) is 0 Å². The molecule has 0 amide bonds. The fraction of sp³-hybridized carbons (Fsp3) is 0.774. The van der Waals surface area contributed by atoms with E-state index in [4.69, 9.17) is 9.47 Å². The van der Waals surface area contributed by atoms with Crippen molar-refractivity contribution in [1.82, 2.24) is 0 Å². The van der Waals surface area contributed by atoms with Gasteiger partial charge in [0.25, 0.3) is 0 Å². The molecule has 2 rings (SSSR count). The lowest BCUT2D eigenvalue weighted by Gasteiger charge is -2.37. The molecule has 1 aliphatic heterocycles. The Balaban J connectivity index is 1.67. The molecule has 194 valence electrons. The Labute approximate surface area is 210 Å². The molecule has 1 heterocycles. The van der Waals surface area contributed by atoms with Crippen LogP contribution in [0.2, 0.25) is 0 Å². The number of hydrogen-bond acceptors (Lipinski definition) is 3. The largest absolute Gasteiger partial charge is 0.461 e. The maximum absolute atomic E-state index is 12.1. The molecule has 0 bridgehead atoms. The Hall–Kier alpha value is -1.35. The molecule has 0 unspecified atom stereocenters. The van der Waals surface area contributed by atoms with Gasteiger partial charge in [0.1, 0.15) is 6.10 Å². The molecule has 3 heteroatoms. The van der Waals surface area contributed by atoms with E-state index in [-0.39, 0.29) is 24.1 Å². The topological polar surface area (TPSA) is 35.5 Å². The van der Waals surface area contributed by atoms with E-state index >= 15 is 0 Å². The van der Waals surface area contributed by atoms with Gasteiger partial charge in [-0.2, -0.15) is 0 Å². The smallest absolute Gasteiger partial charge is 0.313 e. The molecule has 1 aliphatic rings. The van der Waals surface area contributed by atoms with Gasteiger partial charge in [-0.25, -0.2) is 0 Å². The Morgan fingerprint density at radius 1 is 0.765 bits per heavy atom. The van der Waals surface area contributed by atoms with Gasteiger partial charge < -0.3 is 9.47 Å². The molecule has 1 aromatic rings. The van der Waals surface area contributed by atoms with Gasteiger partial charge in [0.05, 0.1) is 18.6 Å². The highest BCUT2D eigenvalue weighted by Gasteiger charge is 2.42. The summed E-state index contributed by atoms with van der Waals surface area (Å²) in [5.74, 6) is 0.106. The lowest BCUT2D eigenvalue weighted by Crippen LogP contribution is -2.47. The van der Waals surface area contributed by atoms with Crippen LogP contribution in [-0.2, 0) is 20.9 Å². The van der Waals surface area contributed by atoms with Gasteiger partial charge in [0.2, 0.25) is 0 Å². The fourth-order valence-electron chi connectivity index (χ4n) is 5.06. The highest BCUT2D eigenvalue weighted by Crippen LogP contribution is 2.32. The van der Waals surface area contributed by atoms with Crippen molar-refractivity contribution in [2.45, 2.75) is 148 Å². The zero-order valence-corrected chi connectivity index (χ0v) is 22.3. The first kappa shape index (κ1) is 28.9. The highest BCUT2D eigenvalue weighted by atomic mass is 16.6. The van der Waals surface area contributed by atoms with Gasteiger partial charge >= 0.3 is 5.97 Å². The van der Waals surface area contributed by atoms with Crippen LogP contribution in [0, 0.1) is 5.92 Å². The van der Waals surface area contributed by atoms with E-state index in [2.05, 4.69) is 38.1 Å². The van der Waals surface area contributed by atoms with Crippen LogP contribution in [0.15, 0.2) is 30.3 Å². The number of carbonyl (C=O) groups is 1. The van der Waals surface area contributed by atoms with Crippen molar-refractivity contribution in [3.05, 3.63) is 35.9 Å². The number of carbonyl (C=O) groups excluding carboxylic acids is 1. The molecule has 0 saturated carbocycles. The van der Waals surface area contributed by atoms with Crippen molar-refractivity contribution in [2.75, 3.05) is 0 Å². The third kappa shape index (κ3) is 12.4. The zero-order chi connectivity index (χ0) is 24.3. The predicted molar refractivity (Wildman–Crippen MR) is 143 cm³/mol. The van der Waals surface area contributed by atoms with Gasteiger partial charge in [-0.3, -0.25) is 4.79 Å². The second-order valence-electron chi connectivity index (χ2n) is 10.4. The number of cyclic esters (lactones) is 1. The van der Waals surface area contributed by atoms with Gasteiger partial charge in [-0.15, -0.1) is 0 Å². The fourth-order valence-corrected chi connectivity index (χ4v) is 5.06. The minimum Gasteiger partial charge on any atom is -0.461 e. The van der Waals surface area contributed by atoms with Gasteiger partial charge in [-0.1, -0.05) is 140 Å². The van der Waals surface area contributed by atoms with E-state index in [1.54, 1.807) is 0 Å². The maximum Gasteiger partial charge on any atom is 0.313 e. The standard InChI is InChI=1S/C31H52O3/c1-3-5-7-9-10-11-12-13-14-15-19-23-28(33-26-27-21-17-16-18-22-27)25-30-29(31(32)34-30)24-20-8-6-4-2/h16-18,21-22,28-30H,3-15,19-20,23-26H2,1-2H3/t28-,29+,30+/m0/s1. The van der Waals surface area contributed by atoms with Crippen molar-refractivity contribution < 1.29 is 14.3 Å². The lowest BCUT2D eigenvalue weighted by molar-refractivity contribution is -0.190. The number of esters is 1. The number of ether oxygens (including phenoxy) is 2. The third-order valence-corrected chi connectivity index (χ3v) is 7.34. The van der Waals surface area contributed by atoms with Gasteiger partial charge in [0, 0.05) is 6.42 Å². The van der Waals surface area contributed by atoms with E-state index < -0.39 is 0 Å². The molecule has 1 aromatic carbocycles. The molecular formula is C31H52O3. The average molecular weight is 473 g/mol. The van der Waals surface area contributed by atoms with E-state index in [1.807, 2.05) is 6.07 Å². The summed E-state index contributed by atoms with van der Waals surface area (Å²) in [6.45, 7) is 5.15. The van der Waals surface area contributed by atoms with Crippen LogP contribution in [-0.4, -0.2) is 18.2 Å². The van der Waals surface area contributed by atoms with Crippen LogP contribution in [0.3, 0.4) is 0 Å². The molecule has 0 spiro atoms. The molecule has 0 radical (unpaired) electrons. The minimum absolute atomic E-state index is 0.0120. The quantitative estimate of drug-likeness (QED) is 0.125. The maximum atomic E-state index is 12.1. The molecule has 0 aliphatic carbocycles. The number of benzene rings is 1. The summed E-state index contributed by atoms with van der Waals surface area (Å²) in [6, 6.07) is 10.4. The molecule has 1 fully saturated rings. The highest BCUT2D eigenvalue weighted by molar-refractivity contribution is 5.78. The van der Waals surface area contributed by atoms with Crippen molar-refractivity contribution in [1.29, 1.82) is 0 Å². The SMILES string of the molecule is CCCCCCCCCCCCC[C@@H](C[C@H]1OC(=O)[C@@H]1CCCCCC)OCc1ccccc1. The molecular weight excluding hydrogens is 420 g/mol. The molecule has 3 nitrogen and oxygen atoms in total. The normalized spacial score (nSPS) is 18.5. The summed E-state index contributed by atoms with van der Waals surface area (Å²) in [6.07, 6.45) is 22.9. The van der Waals surface area contributed by atoms with Crippen molar-refractivity contribution in [2.24, 2.45) is 5.92 Å². The Bertz CT molecular complexity index is 614. The van der Waals surface area contributed by atoms with Crippen molar-refractivity contribution in [3.63, 3.8) is 0 Å². The Morgan fingerprint density at radius 2 is 1.32 bits per heavy atom. The molecule has 1 saturated heterocycles. The lowest BCUT2D eigenvalue weighted by atomic mass is 9.86. The average Bonchev–Trinajstić information content (AvgIpc) is 2.85. The number of unbranched alkanes of at least 4 members (excludes halogenated alkanes) is 13. The van der Waals surface area contributed by atoms with E-state index in [0.29, 0.717) is 6.61 Å². The van der Waals surface area contributed by atoms with E-state index in [0.717, 1.165) is 25.7 Å². The molecule has 0 aromatic heterocycles. The molecule has 3 atom stereocenters. The first-order chi connectivity index (χ1) is 16.7. The van der Waals surface area contributed by atoms with Crippen molar-refractivity contribution >= 4 is 5.97 Å². The second kappa shape index (κ2) is 18.9. The van der Waals surface area contributed by atoms with Gasteiger partial charge in [0.15, 0.2) is 0 Å². The first-order valence-corrected chi connectivity index (χ1v) is 14.6. The van der Waals surface area contributed by atoms with Crippen LogP contribution in [0.25, 0.3) is 0 Å².